The van der Waals surface area contributed by atoms with E-state index < -0.39 is 12.5 Å². The number of carbonyl (C=O) groups excluding carboxylic acids is 2. The molecule has 2 amide bonds. The van der Waals surface area contributed by atoms with Crippen LogP contribution in [-0.2, 0) is 4.79 Å². The fourth-order valence-corrected chi connectivity index (χ4v) is 3.24. The summed E-state index contributed by atoms with van der Waals surface area (Å²) in [6, 6.07) is 10.8. The van der Waals surface area contributed by atoms with Crippen LogP contribution in [-0.4, -0.2) is 23.7 Å². The van der Waals surface area contributed by atoms with Crippen LogP contribution in [0.15, 0.2) is 47.4 Å². The van der Waals surface area contributed by atoms with Gasteiger partial charge in [-0.2, -0.15) is 8.78 Å². The van der Waals surface area contributed by atoms with Crippen molar-refractivity contribution < 1.29 is 23.1 Å². The Labute approximate surface area is 146 Å². The number of benzene rings is 2. The maximum atomic E-state index is 12.4. The molecule has 130 valence electrons. The zero-order valence-electron chi connectivity index (χ0n) is 13.1. The molecule has 1 atom stereocenters. The van der Waals surface area contributed by atoms with E-state index in [-0.39, 0.29) is 22.6 Å². The van der Waals surface area contributed by atoms with Crippen molar-refractivity contribution in [2.24, 2.45) is 0 Å². The first-order valence-corrected chi connectivity index (χ1v) is 8.29. The van der Waals surface area contributed by atoms with E-state index in [0.29, 0.717) is 11.3 Å². The van der Waals surface area contributed by atoms with Gasteiger partial charge in [-0.1, -0.05) is 12.1 Å². The minimum Gasteiger partial charge on any atom is -0.433 e. The zero-order chi connectivity index (χ0) is 18.0. The Morgan fingerprint density at radius 1 is 1.28 bits per heavy atom. The van der Waals surface area contributed by atoms with E-state index in [0.717, 1.165) is 4.90 Å². The number of amides is 2. The van der Waals surface area contributed by atoms with E-state index in [9.17, 15) is 18.4 Å². The van der Waals surface area contributed by atoms with Crippen molar-refractivity contribution in [2.75, 3.05) is 10.6 Å². The lowest BCUT2D eigenvalue weighted by atomic mass is 10.1. The molecule has 5 nitrogen and oxygen atoms in total. The summed E-state index contributed by atoms with van der Waals surface area (Å²) >= 11 is 1.41. The van der Waals surface area contributed by atoms with Gasteiger partial charge in [0.15, 0.2) is 0 Å². The normalized spacial score (nSPS) is 16.2. The Morgan fingerprint density at radius 2 is 2.04 bits per heavy atom. The van der Waals surface area contributed by atoms with Crippen LogP contribution in [0.5, 0.6) is 5.75 Å². The lowest BCUT2D eigenvalue weighted by Crippen LogP contribution is -2.26. The largest absolute Gasteiger partial charge is 0.433 e. The smallest absolute Gasteiger partial charge is 0.387 e. The Bertz CT molecular complexity index is 829. The SMILES string of the molecule is C[C@H]1Sc2ccc(C(=O)Nc3ccccc3OC(F)F)cc2NC1=O. The average molecular weight is 364 g/mol. The topological polar surface area (TPSA) is 67.4 Å². The summed E-state index contributed by atoms with van der Waals surface area (Å²) < 4.78 is 29.3. The standard InChI is InChI=1S/C17H14F2N2O3S/c1-9-15(22)21-12-8-10(6-7-14(12)25-9)16(23)20-11-4-2-3-5-13(11)24-17(18)19/h2-9,17H,1H3,(H,20,23)(H,21,22)/t9-/m1/s1. The third-order valence-electron chi connectivity index (χ3n) is 3.52. The van der Waals surface area contributed by atoms with E-state index in [1.165, 1.54) is 30.0 Å². The zero-order valence-corrected chi connectivity index (χ0v) is 13.9. The van der Waals surface area contributed by atoms with Gasteiger partial charge in [0.1, 0.15) is 5.75 Å². The van der Waals surface area contributed by atoms with Crippen LogP contribution in [0.1, 0.15) is 17.3 Å². The molecule has 25 heavy (non-hydrogen) atoms. The molecule has 8 heteroatoms. The summed E-state index contributed by atoms with van der Waals surface area (Å²) in [5.74, 6) is -0.752. The van der Waals surface area contributed by atoms with Crippen molar-refractivity contribution in [2.45, 2.75) is 23.7 Å². The summed E-state index contributed by atoms with van der Waals surface area (Å²) in [5.41, 5.74) is 0.983. The minimum absolute atomic E-state index is 0.124. The lowest BCUT2D eigenvalue weighted by Gasteiger charge is -2.21. The first-order valence-electron chi connectivity index (χ1n) is 7.41. The van der Waals surface area contributed by atoms with E-state index in [4.69, 9.17) is 0 Å². The van der Waals surface area contributed by atoms with Gasteiger partial charge in [-0.3, -0.25) is 9.59 Å². The third kappa shape index (κ3) is 3.90. The predicted octanol–water partition coefficient (Wildman–Crippen LogP) is 3.97. The fraction of sp³-hybridized carbons (Fsp3) is 0.176. The second-order valence-corrected chi connectivity index (χ2v) is 6.67. The molecular weight excluding hydrogens is 350 g/mol. The quantitative estimate of drug-likeness (QED) is 0.861. The van der Waals surface area contributed by atoms with Gasteiger partial charge in [0, 0.05) is 10.5 Å². The van der Waals surface area contributed by atoms with Crippen LogP contribution in [0.25, 0.3) is 0 Å². The molecule has 0 saturated heterocycles. The van der Waals surface area contributed by atoms with Crippen LogP contribution in [0.4, 0.5) is 20.2 Å². The Hall–Kier alpha value is -2.61. The van der Waals surface area contributed by atoms with E-state index >= 15 is 0 Å². The lowest BCUT2D eigenvalue weighted by molar-refractivity contribution is -0.115. The van der Waals surface area contributed by atoms with Crippen molar-refractivity contribution in [1.82, 2.24) is 0 Å². The molecule has 0 fully saturated rings. The number of halogens is 2. The number of para-hydroxylation sites is 2. The van der Waals surface area contributed by atoms with Gasteiger partial charge in [0.05, 0.1) is 16.6 Å². The molecule has 0 radical (unpaired) electrons. The number of anilines is 2. The summed E-state index contributed by atoms with van der Waals surface area (Å²) in [4.78, 5) is 25.0. The maximum absolute atomic E-state index is 12.4. The van der Waals surface area contributed by atoms with Crippen LogP contribution < -0.4 is 15.4 Å². The Kier molecular flexibility index (Phi) is 4.89. The van der Waals surface area contributed by atoms with Crippen LogP contribution in [0.3, 0.4) is 0 Å². The highest BCUT2D eigenvalue weighted by molar-refractivity contribution is 8.00. The number of hydrogen-bond donors (Lipinski definition) is 2. The van der Waals surface area contributed by atoms with Crippen LogP contribution in [0, 0.1) is 0 Å². The summed E-state index contributed by atoms with van der Waals surface area (Å²) in [6.07, 6.45) is 0. The van der Waals surface area contributed by atoms with Crippen molar-refractivity contribution in [3.8, 4) is 5.75 Å². The van der Waals surface area contributed by atoms with E-state index in [1.54, 1.807) is 31.2 Å². The van der Waals surface area contributed by atoms with Crippen molar-refractivity contribution in [3.05, 3.63) is 48.0 Å². The fourth-order valence-electron chi connectivity index (χ4n) is 2.31. The molecule has 1 heterocycles. The molecule has 2 aromatic carbocycles. The van der Waals surface area contributed by atoms with Gasteiger partial charge in [0.2, 0.25) is 5.91 Å². The van der Waals surface area contributed by atoms with Crippen LogP contribution in [0.2, 0.25) is 0 Å². The third-order valence-corrected chi connectivity index (χ3v) is 4.70. The van der Waals surface area contributed by atoms with Crippen molar-refractivity contribution in [1.29, 1.82) is 0 Å². The number of alkyl halides is 2. The van der Waals surface area contributed by atoms with Crippen molar-refractivity contribution >= 4 is 35.0 Å². The molecule has 2 N–H and O–H groups in total. The molecular formula is C17H14F2N2O3S. The average Bonchev–Trinajstić information content (AvgIpc) is 2.57. The number of nitrogens with one attached hydrogen (secondary N) is 2. The molecule has 1 aliphatic heterocycles. The molecule has 0 aromatic heterocycles. The molecule has 3 rings (SSSR count). The summed E-state index contributed by atoms with van der Waals surface area (Å²) in [6.45, 7) is -1.19. The van der Waals surface area contributed by atoms with Gasteiger partial charge in [-0.15, -0.1) is 11.8 Å². The Morgan fingerprint density at radius 3 is 2.80 bits per heavy atom. The monoisotopic (exact) mass is 364 g/mol. The highest BCUT2D eigenvalue weighted by Gasteiger charge is 2.24. The van der Waals surface area contributed by atoms with Gasteiger partial charge >= 0.3 is 6.61 Å². The van der Waals surface area contributed by atoms with Gasteiger partial charge in [-0.05, 0) is 37.3 Å². The summed E-state index contributed by atoms with van der Waals surface area (Å²) in [5, 5.41) is 5.08. The van der Waals surface area contributed by atoms with Gasteiger partial charge in [-0.25, -0.2) is 0 Å². The van der Waals surface area contributed by atoms with Gasteiger partial charge in [0.25, 0.3) is 5.91 Å². The predicted molar refractivity (Wildman–Crippen MR) is 91.4 cm³/mol. The van der Waals surface area contributed by atoms with Crippen LogP contribution >= 0.6 is 11.8 Å². The first kappa shape index (κ1) is 17.2. The number of hydrogen-bond acceptors (Lipinski definition) is 4. The summed E-state index contributed by atoms with van der Waals surface area (Å²) in [7, 11) is 0. The molecule has 0 bridgehead atoms. The maximum Gasteiger partial charge on any atom is 0.387 e. The first-order chi connectivity index (χ1) is 11.9. The number of rotatable bonds is 4. The molecule has 1 aliphatic rings. The van der Waals surface area contributed by atoms with Gasteiger partial charge < -0.3 is 15.4 Å². The van der Waals surface area contributed by atoms with E-state index in [2.05, 4.69) is 15.4 Å². The molecule has 0 spiro atoms. The molecule has 0 unspecified atom stereocenters. The minimum atomic E-state index is -2.99. The molecule has 0 aliphatic carbocycles. The highest BCUT2D eigenvalue weighted by atomic mass is 32.2. The van der Waals surface area contributed by atoms with Crippen molar-refractivity contribution in [3.63, 3.8) is 0 Å². The molecule has 2 aromatic rings. The molecule has 0 saturated carbocycles. The number of fused-ring (bicyclic) bond motifs is 1. The number of thioether (sulfide) groups is 1. The number of ether oxygens (including phenoxy) is 1. The van der Waals surface area contributed by atoms with E-state index in [1.807, 2.05) is 0 Å². The Balaban J connectivity index is 1.81. The number of carbonyl (C=O) groups is 2. The highest BCUT2D eigenvalue weighted by Crippen LogP contribution is 2.36. The second kappa shape index (κ2) is 7.10. The second-order valence-electron chi connectivity index (χ2n) is 5.29.